The number of phenols is 1. The summed E-state index contributed by atoms with van der Waals surface area (Å²) in [5, 5.41) is 9.91. The Hall–Kier alpha value is -0.900. The molecule has 0 aliphatic rings. The van der Waals surface area contributed by atoms with Crippen LogP contribution in [0.3, 0.4) is 0 Å². The number of hydrogen-bond donors (Lipinski definition) is 1. The molecule has 1 aromatic rings. The van der Waals surface area contributed by atoms with Crippen molar-refractivity contribution in [3.63, 3.8) is 0 Å². The third-order valence-electron chi connectivity index (χ3n) is 2.88. The van der Waals surface area contributed by atoms with E-state index in [1.54, 1.807) is 0 Å². The summed E-state index contributed by atoms with van der Waals surface area (Å²) in [4.78, 5) is 0. The smallest absolute Gasteiger partial charge is 0.395 e. The molecule has 0 heterocycles. The number of phenolic OH excluding ortho intramolecular Hbond substituents is 1. The van der Waals surface area contributed by atoms with Gasteiger partial charge in [-0.2, -0.15) is 13.2 Å². The Morgan fingerprint density at radius 1 is 1.17 bits per heavy atom. The fourth-order valence-corrected chi connectivity index (χ4v) is 2.12. The third kappa shape index (κ3) is 3.10. The van der Waals surface area contributed by atoms with Crippen LogP contribution in [0.15, 0.2) is 12.1 Å². The number of alkyl halides is 3. The molecule has 1 rings (SSSR count). The first kappa shape index (κ1) is 15.2. The molecule has 0 aromatic heterocycles. The Morgan fingerprint density at radius 2 is 1.67 bits per heavy atom. The first-order chi connectivity index (χ1) is 7.94. The summed E-state index contributed by atoms with van der Waals surface area (Å²) < 4.78 is 38.1. The van der Waals surface area contributed by atoms with Crippen molar-refractivity contribution in [3.05, 3.63) is 28.3 Å². The zero-order valence-electron chi connectivity index (χ0n) is 10.7. The van der Waals surface area contributed by atoms with E-state index in [9.17, 15) is 18.3 Å². The van der Waals surface area contributed by atoms with Gasteiger partial charge in [-0.15, -0.1) is 0 Å². The molecule has 0 spiro atoms. The maximum Gasteiger partial charge on any atom is 0.395 e. The second kappa shape index (κ2) is 4.65. The molecule has 1 nitrogen and oxygen atoms in total. The number of hydrogen-bond acceptors (Lipinski definition) is 1. The summed E-state index contributed by atoms with van der Waals surface area (Å²) in [6.07, 6.45) is -4.39. The molecule has 1 atom stereocenters. The van der Waals surface area contributed by atoms with Crippen LogP contribution >= 0.6 is 11.6 Å². The van der Waals surface area contributed by atoms with Gasteiger partial charge >= 0.3 is 6.18 Å². The molecule has 0 aliphatic heterocycles. The summed E-state index contributed by atoms with van der Waals surface area (Å²) in [6.45, 7) is 6.59. The van der Waals surface area contributed by atoms with E-state index in [0.717, 1.165) is 6.92 Å². The zero-order valence-corrected chi connectivity index (χ0v) is 11.4. The van der Waals surface area contributed by atoms with E-state index in [4.69, 9.17) is 11.6 Å². The highest BCUT2D eigenvalue weighted by Gasteiger charge is 2.39. The van der Waals surface area contributed by atoms with E-state index in [1.165, 1.54) is 12.1 Å². The quantitative estimate of drug-likeness (QED) is 0.767. The van der Waals surface area contributed by atoms with Crippen LogP contribution in [-0.2, 0) is 5.41 Å². The minimum Gasteiger partial charge on any atom is -0.508 e. The number of aromatic hydroxyl groups is 1. The molecule has 102 valence electrons. The van der Waals surface area contributed by atoms with E-state index in [0.29, 0.717) is 5.56 Å². The van der Waals surface area contributed by atoms with Gasteiger partial charge in [-0.1, -0.05) is 32.4 Å². The average Bonchev–Trinajstić information content (AvgIpc) is 2.13. The molecule has 1 unspecified atom stereocenters. The van der Waals surface area contributed by atoms with Gasteiger partial charge in [0.1, 0.15) is 5.75 Å². The highest BCUT2D eigenvalue weighted by atomic mass is 35.5. The molecule has 0 saturated heterocycles. The second-order valence-electron chi connectivity index (χ2n) is 5.40. The van der Waals surface area contributed by atoms with Crippen molar-refractivity contribution < 1.29 is 18.3 Å². The van der Waals surface area contributed by atoms with Gasteiger partial charge in [0.2, 0.25) is 0 Å². The number of halogens is 4. The fraction of sp³-hybridized carbons (Fsp3) is 0.538. The summed E-state index contributed by atoms with van der Waals surface area (Å²) in [6, 6.07) is 2.52. The zero-order chi connectivity index (χ0) is 14.3. The van der Waals surface area contributed by atoms with Gasteiger partial charge in [-0.05, 0) is 30.0 Å². The SMILES string of the molecule is CC(c1cc(C(C)(C)C)c(Cl)cc1O)C(F)(F)F. The van der Waals surface area contributed by atoms with Crippen molar-refractivity contribution >= 4 is 11.6 Å². The van der Waals surface area contributed by atoms with Gasteiger partial charge in [0.05, 0.1) is 5.92 Å². The Labute approximate surface area is 110 Å². The summed E-state index contributed by atoms with van der Waals surface area (Å²) in [5.41, 5.74) is 0.0649. The lowest BCUT2D eigenvalue weighted by atomic mass is 9.84. The van der Waals surface area contributed by atoms with Crippen LogP contribution < -0.4 is 0 Å². The van der Waals surface area contributed by atoms with Gasteiger partial charge < -0.3 is 5.11 Å². The molecule has 0 bridgehead atoms. The molecular weight excluding hydrogens is 265 g/mol. The minimum absolute atomic E-state index is 0.142. The van der Waals surface area contributed by atoms with Gasteiger partial charge in [0.25, 0.3) is 0 Å². The van der Waals surface area contributed by atoms with Crippen LogP contribution in [0.2, 0.25) is 5.02 Å². The largest absolute Gasteiger partial charge is 0.508 e. The van der Waals surface area contributed by atoms with Crippen LogP contribution in [0.5, 0.6) is 5.75 Å². The maximum absolute atomic E-state index is 12.7. The molecule has 0 saturated carbocycles. The lowest BCUT2D eigenvalue weighted by Gasteiger charge is -2.24. The van der Waals surface area contributed by atoms with Gasteiger partial charge in [-0.25, -0.2) is 0 Å². The molecule has 1 N–H and O–H groups in total. The van der Waals surface area contributed by atoms with Crippen LogP contribution in [0.25, 0.3) is 0 Å². The molecule has 5 heteroatoms. The lowest BCUT2D eigenvalue weighted by molar-refractivity contribution is -0.146. The van der Waals surface area contributed by atoms with E-state index in [-0.39, 0.29) is 16.0 Å². The van der Waals surface area contributed by atoms with Crippen molar-refractivity contribution in [1.82, 2.24) is 0 Å². The van der Waals surface area contributed by atoms with E-state index < -0.39 is 17.8 Å². The molecule has 0 radical (unpaired) electrons. The highest BCUT2D eigenvalue weighted by molar-refractivity contribution is 6.31. The average molecular weight is 281 g/mol. The van der Waals surface area contributed by atoms with E-state index >= 15 is 0 Å². The summed E-state index contributed by atoms with van der Waals surface area (Å²) in [5.74, 6) is -2.14. The van der Waals surface area contributed by atoms with Crippen molar-refractivity contribution in [2.75, 3.05) is 0 Å². The Bertz CT molecular complexity index is 447. The third-order valence-corrected chi connectivity index (χ3v) is 3.19. The molecule has 1 aromatic carbocycles. The normalized spacial score (nSPS) is 14.7. The van der Waals surface area contributed by atoms with Crippen LogP contribution in [0.1, 0.15) is 44.7 Å². The molecule has 0 aliphatic carbocycles. The Balaban J connectivity index is 3.39. The predicted molar refractivity (Wildman–Crippen MR) is 66.3 cm³/mol. The topological polar surface area (TPSA) is 20.2 Å². The van der Waals surface area contributed by atoms with Crippen LogP contribution in [0, 0.1) is 0 Å². The lowest BCUT2D eigenvalue weighted by Crippen LogP contribution is -2.19. The van der Waals surface area contributed by atoms with Crippen LogP contribution in [-0.4, -0.2) is 11.3 Å². The van der Waals surface area contributed by atoms with Crippen molar-refractivity contribution in [2.24, 2.45) is 0 Å². The second-order valence-corrected chi connectivity index (χ2v) is 5.81. The Morgan fingerprint density at radius 3 is 2.06 bits per heavy atom. The van der Waals surface area contributed by atoms with Crippen molar-refractivity contribution in [2.45, 2.75) is 45.2 Å². The molecule has 18 heavy (non-hydrogen) atoms. The molecular formula is C13H16ClF3O. The first-order valence-electron chi connectivity index (χ1n) is 5.54. The summed E-state index contributed by atoms with van der Waals surface area (Å²) >= 11 is 5.96. The maximum atomic E-state index is 12.7. The predicted octanol–water partition coefficient (Wildman–Crippen LogP) is 5.01. The minimum atomic E-state index is -4.39. The Kier molecular flexibility index (Phi) is 3.92. The van der Waals surface area contributed by atoms with Crippen molar-refractivity contribution in [1.29, 1.82) is 0 Å². The number of rotatable bonds is 1. The van der Waals surface area contributed by atoms with Gasteiger partial charge in [-0.3, -0.25) is 0 Å². The van der Waals surface area contributed by atoms with Crippen LogP contribution in [0.4, 0.5) is 13.2 Å². The van der Waals surface area contributed by atoms with Gasteiger partial charge in [0, 0.05) is 10.6 Å². The molecule has 0 fully saturated rings. The van der Waals surface area contributed by atoms with Gasteiger partial charge in [0.15, 0.2) is 0 Å². The van der Waals surface area contributed by atoms with Crippen molar-refractivity contribution in [3.8, 4) is 5.75 Å². The number of benzene rings is 1. The standard InChI is InChI=1S/C13H16ClF3O/c1-7(13(15,16)17)8-5-9(12(2,3)4)10(14)6-11(8)18/h5-7,18H,1-4H3. The first-order valence-corrected chi connectivity index (χ1v) is 5.92. The highest BCUT2D eigenvalue weighted by Crippen LogP contribution is 2.42. The summed E-state index contributed by atoms with van der Waals surface area (Å²) in [7, 11) is 0. The van der Waals surface area contributed by atoms with E-state index in [2.05, 4.69) is 0 Å². The monoisotopic (exact) mass is 280 g/mol. The van der Waals surface area contributed by atoms with E-state index in [1.807, 2.05) is 20.8 Å². The fourth-order valence-electron chi connectivity index (χ4n) is 1.68. The molecule has 0 amide bonds.